The van der Waals surface area contributed by atoms with E-state index in [0.29, 0.717) is 28.0 Å². The van der Waals surface area contributed by atoms with Crippen LogP contribution in [0.5, 0.6) is 0 Å². The minimum absolute atomic E-state index is 0.0415. The summed E-state index contributed by atoms with van der Waals surface area (Å²) < 4.78 is 25.2. The predicted octanol–water partition coefficient (Wildman–Crippen LogP) is 0.264. The van der Waals surface area contributed by atoms with Crippen molar-refractivity contribution in [3.05, 3.63) is 78.4 Å². The Morgan fingerprint density at radius 2 is 1.90 bits per heavy atom. The van der Waals surface area contributed by atoms with E-state index in [1.54, 1.807) is 42.5 Å². The van der Waals surface area contributed by atoms with Crippen molar-refractivity contribution in [3.63, 3.8) is 0 Å². The summed E-state index contributed by atoms with van der Waals surface area (Å²) in [7, 11) is -3.98. The van der Waals surface area contributed by atoms with Gasteiger partial charge in [-0.2, -0.15) is 0 Å². The second-order valence-corrected chi connectivity index (χ2v) is 10.1. The number of hydrogen-bond donors (Lipinski definition) is 4. The maximum absolute atomic E-state index is 13.5. The van der Waals surface area contributed by atoms with Crippen LogP contribution in [0.15, 0.2) is 77.3 Å². The number of amidine groups is 1. The van der Waals surface area contributed by atoms with Gasteiger partial charge in [0.15, 0.2) is 0 Å². The molecule has 6 N–H and O–H groups in total. The van der Waals surface area contributed by atoms with Crippen LogP contribution in [0.25, 0.3) is 11.1 Å². The van der Waals surface area contributed by atoms with Crippen LogP contribution in [-0.4, -0.2) is 61.6 Å². The molecule has 1 unspecified atom stereocenters. The predicted molar refractivity (Wildman–Crippen MR) is 138 cm³/mol. The minimum atomic E-state index is -3.98. The molecule has 1 aliphatic heterocycles. The van der Waals surface area contributed by atoms with E-state index in [1.165, 1.54) is 29.5 Å². The number of anilines is 1. The molecule has 0 saturated carbocycles. The first-order chi connectivity index (χ1) is 18.6. The lowest BCUT2D eigenvalue weighted by Crippen LogP contribution is -2.47. The van der Waals surface area contributed by atoms with Crippen molar-refractivity contribution in [2.75, 3.05) is 5.32 Å². The normalized spacial score (nSPS) is 16.8. The highest BCUT2D eigenvalue weighted by atomic mass is 32.2. The van der Waals surface area contributed by atoms with Gasteiger partial charge in [-0.3, -0.25) is 15.5 Å². The topological polar surface area (TPSA) is 230 Å². The van der Waals surface area contributed by atoms with Crippen molar-refractivity contribution in [1.29, 1.82) is 5.41 Å². The maximum atomic E-state index is 13.5. The fourth-order valence-electron chi connectivity index (χ4n) is 3.99. The molecule has 5 rings (SSSR count). The molecule has 0 bridgehead atoms. The number of nitrogens with two attached hydrogens (primary N) is 2. The molecule has 198 valence electrons. The van der Waals surface area contributed by atoms with Crippen LogP contribution in [0.4, 0.5) is 5.95 Å². The molecule has 1 amide bonds. The average Bonchev–Trinajstić information content (AvgIpc) is 3.60. The molecule has 0 aliphatic carbocycles. The number of carbonyl (C=O) groups is 1. The average molecular weight is 548 g/mol. The Morgan fingerprint density at radius 3 is 2.59 bits per heavy atom. The lowest BCUT2D eigenvalue weighted by atomic mass is 9.92. The second-order valence-electron chi connectivity index (χ2n) is 8.59. The van der Waals surface area contributed by atoms with Gasteiger partial charge in [0, 0.05) is 41.1 Å². The zero-order valence-electron chi connectivity index (χ0n) is 20.1. The summed E-state index contributed by atoms with van der Waals surface area (Å²) in [5, 5.41) is 30.8. The number of sulfonamides is 1. The maximum Gasteiger partial charge on any atom is 0.276 e. The summed E-state index contributed by atoms with van der Waals surface area (Å²) in [6, 6.07) is 13.0. The van der Waals surface area contributed by atoms with Gasteiger partial charge in [-0.05, 0) is 22.6 Å². The first kappa shape index (κ1) is 25.6. The zero-order valence-corrected chi connectivity index (χ0v) is 20.9. The van der Waals surface area contributed by atoms with Gasteiger partial charge in [0.2, 0.25) is 21.6 Å². The summed E-state index contributed by atoms with van der Waals surface area (Å²) in [5.41, 5.74) is 6.33. The molecule has 0 saturated heterocycles. The van der Waals surface area contributed by atoms with Crippen molar-refractivity contribution in [2.45, 2.75) is 23.5 Å². The van der Waals surface area contributed by atoms with Crippen LogP contribution in [0.1, 0.15) is 17.5 Å². The molecular formula is C23H21N11O4S. The number of oxime groups is 1. The highest BCUT2D eigenvalue weighted by Crippen LogP contribution is 2.31. The van der Waals surface area contributed by atoms with E-state index in [2.05, 4.69) is 36.0 Å². The molecule has 4 aromatic rings. The van der Waals surface area contributed by atoms with Crippen molar-refractivity contribution in [1.82, 2.24) is 30.2 Å². The Labute approximate surface area is 221 Å². The van der Waals surface area contributed by atoms with Crippen LogP contribution in [0, 0.1) is 5.41 Å². The van der Waals surface area contributed by atoms with Crippen LogP contribution in [0.2, 0.25) is 0 Å². The van der Waals surface area contributed by atoms with Crippen molar-refractivity contribution >= 4 is 33.4 Å². The van der Waals surface area contributed by atoms with Crippen molar-refractivity contribution in [2.24, 2.45) is 16.0 Å². The van der Waals surface area contributed by atoms with E-state index < -0.39 is 21.5 Å². The highest BCUT2D eigenvalue weighted by Gasteiger charge is 2.48. The van der Waals surface area contributed by atoms with E-state index in [9.17, 15) is 13.2 Å². The molecule has 1 aliphatic rings. The molecule has 15 nitrogen and oxygen atoms in total. The standard InChI is InChI=1S/C23H21N11O4S/c24-20(25)15-5-3-4-14(8-15)18-9-23(38-31-18,12-34-13-29-32-33-34)21(35)30-22-27-10-16(11-28-22)17-6-1-2-7-19(17)39(26,36)37/h1-8,10-11,13H,9,12H2,(H3,24,25)(H2,26,36,37)(H,27,28,30,35). The molecule has 0 radical (unpaired) electrons. The van der Waals surface area contributed by atoms with E-state index in [4.69, 9.17) is 21.1 Å². The molecule has 3 heterocycles. The number of tetrazole rings is 1. The minimum Gasteiger partial charge on any atom is -0.384 e. The van der Waals surface area contributed by atoms with Gasteiger partial charge in [-0.15, -0.1) is 5.10 Å². The molecule has 0 fully saturated rings. The third-order valence-corrected chi connectivity index (χ3v) is 6.86. The van der Waals surface area contributed by atoms with Crippen LogP contribution < -0.4 is 16.2 Å². The fraction of sp³-hybridized carbons (Fsp3) is 0.130. The summed E-state index contributed by atoms with van der Waals surface area (Å²) in [6.07, 6.45) is 4.11. The molecular weight excluding hydrogens is 526 g/mol. The monoisotopic (exact) mass is 547 g/mol. The quantitative estimate of drug-likeness (QED) is 0.174. The first-order valence-corrected chi connectivity index (χ1v) is 12.9. The third kappa shape index (κ3) is 5.32. The van der Waals surface area contributed by atoms with Gasteiger partial charge >= 0.3 is 0 Å². The fourth-order valence-corrected chi connectivity index (χ4v) is 4.75. The Morgan fingerprint density at radius 1 is 1.13 bits per heavy atom. The van der Waals surface area contributed by atoms with Crippen molar-refractivity contribution < 1.29 is 18.0 Å². The highest BCUT2D eigenvalue weighted by molar-refractivity contribution is 7.89. The molecule has 0 spiro atoms. The van der Waals surface area contributed by atoms with Crippen molar-refractivity contribution in [3.8, 4) is 11.1 Å². The van der Waals surface area contributed by atoms with E-state index >= 15 is 0 Å². The van der Waals surface area contributed by atoms with Crippen LogP contribution >= 0.6 is 0 Å². The summed E-state index contributed by atoms with van der Waals surface area (Å²) >= 11 is 0. The molecule has 1 atom stereocenters. The molecule has 2 aromatic carbocycles. The number of carbonyl (C=O) groups excluding carboxylic acids is 1. The number of primary sulfonamides is 1. The number of rotatable bonds is 8. The van der Waals surface area contributed by atoms with Gasteiger partial charge in [-0.1, -0.05) is 41.6 Å². The number of benzene rings is 2. The van der Waals surface area contributed by atoms with Gasteiger partial charge in [0.25, 0.3) is 5.91 Å². The van der Waals surface area contributed by atoms with Gasteiger partial charge in [0.05, 0.1) is 17.2 Å². The summed E-state index contributed by atoms with van der Waals surface area (Å²) in [6.45, 7) is -0.0783. The molecule has 16 heteroatoms. The van der Waals surface area contributed by atoms with E-state index in [-0.39, 0.29) is 29.6 Å². The SMILES string of the molecule is N=C(N)c1cccc(C2=NOC(Cn3cnnn3)(C(=O)Nc3ncc(-c4ccccc4S(N)(=O)=O)cn3)C2)c1. The summed E-state index contributed by atoms with van der Waals surface area (Å²) in [5.74, 6) is -0.776. The van der Waals surface area contributed by atoms with Gasteiger partial charge < -0.3 is 10.6 Å². The van der Waals surface area contributed by atoms with Crippen LogP contribution in [0.3, 0.4) is 0 Å². The van der Waals surface area contributed by atoms with E-state index in [0.717, 1.165) is 0 Å². The van der Waals surface area contributed by atoms with Crippen LogP contribution in [-0.2, 0) is 26.2 Å². The first-order valence-electron chi connectivity index (χ1n) is 11.3. The van der Waals surface area contributed by atoms with E-state index in [1.807, 2.05) is 0 Å². The number of amides is 1. The Hall–Kier alpha value is -5.09. The number of nitrogens with one attached hydrogen (secondary N) is 2. The number of nitrogen functional groups attached to an aromatic ring is 1. The lowest BCUT2D eigenvalue weighted by molar-refractivity contribution is -0.140. The second kappa shape index (κ2) is 9.99. The smallest absolute Gasteiger partial charge is 0.276 e. The lowest BCUT2D eigenvalue weighted by Gasteiger charge is -2.24. The number of nitrogens with zero attached hydrogens (tertiary/aromatic N) is 7. The zero-order chi connectivity index (χ0) is 27.6. The van der Waals surface area contributed by atoms with Gasteiger partial charge in [0.1, 0.15) is 12.2 Å². The van der Waals surface area contributed by atoms with Gasteiger partial charge in [-0.25, -0.2) is 28.2 Å². The molecule has 2 aromatic heterocycles. The number of aromatic nitrogens is 6. The Bertz CT molecular complexity index is 1690. The largest absolute Gasteiger partial charge is 0.384 e. The summed E-state index contributed by atoms with van der Waals surface area (Å²) in [4.78, 5) is 27.5. The Kier molecular flexibility index (Phi) is 6.55. The Balaban J connectivity index is 1.40. The number of hydrogen-bond acceptors (Lipinski definition) is 11. The molecule has 39 heavy (non-hydrogen) atoms. The third-order valence-electron chi connectivity index (χ3n) is 5.89.